The third kappa shape index (κ3) is 4.91. The van der Waals surface area contributed by atoms with Crippen LogP contribution in [0, 0.1) is 5.92 Å². The van der Waals surface area contributed by atoms with E-state index in [2.05, 4.69) is 4.99 Å². The summed E-state index contributed by atoms with van der Waals surface area (Å²) in [6.07, 6.45) is 1.26. The van der Waals surface area contributed by atoms with Gasteiger partial charge in [0.2, 0.25) is 0 Å². The maximum atomic E-state index is 11.7. The van der Waals surface area contributed by atoms with Gasteiger partial charge in [-0.2, -0.15) is 0 Å². The second-order valence-corrected chi connectivity index (χ2v) is 3.60. The lowest BCUT2D eigenvalue weighted by molar-refractivity contribution is -0.157. The Labute approximate surface area is 112 Å². The quantitative estimate of drug-likeness (QED) is 0.448. The summed E-state index contributed by atoms with van der Waals surface area (Å²) in [7, 11) is 0. The molecule has 102 valence electrons. The van der Waals surface area contributed by atoms with Gasteiger partial charge < -0.3 is 9.47 Å². The van der Waals surface area contributed by atoms with E-state index in [1.54, 1.807) is 26.0 Å². The zero-order valence-corrected chi connectivity index (χ0v) is 11.0. The number of para-hydroxylation sites is 1. The van der Waals surface area contributed by atoms with Crippen molar-refractivity contribution in [1.82, 2.24) is 0 Å². The number of hydrogen-bond donors (Lipinski definition) is 0. The number of carbonyl (C=O) groups excluding carboxylic acids is 2. The molecular formula is C14H17NO4. The standard InChI is InChI=1S/C14H17NO4/c1-3-18-13(16)12(14(17)19-4-2)10-15-11-8-6-5-7-9-11/h5-10,12H,3-4H2,1-2H3. The SMILES string of the molecule is CCOC(=O)C(C=Nc1ccccc1)C(=O)OCC. The molecule has 19 heavy (non-hydrogen) atoms. The van der Waals surface area contributed by atoms with E-state index >= 15 is 0 Å². The smallest absolute Gasteiger partial charge is 0.325 e. The van der Waals surface area contributed by atoms with E-state index in [0.717, 1.165) is 0 Å². The van der Waals surface area contributed by atoms with Gasteiger partial charge in [-0.3, -0.25) is 14.6 Å². The topological polar surface area (TPSA) is 65.0 Å². The minimum Gasteiger partial charge on any atom is -0.465 e. The normalized spacial score (nSPS) is 10.7. The van der Waals surface area contributed by atoms with Gasteiger partial charge in [-0.05, 0) is 26.0 Å². The molecule has 0 radical (unpaired) electrons. The molecule has 0 amide bonds. The molecule has 5 nitrogen and oxygen atoms in total. The molecule has 0 spiro atoms. The zero-order valence-electron chi connectivity index (χ0n) is 11.0. The second-order valence-electron chi connectivity index (χ2n) is 3.60. The Bertz CT molecular complexity index is 424. The van der Waals surface area contributed by atoms with Crippen molar-refractivity contribution in [2.24, 2.45) is 10.9 Å². The average molecular weight is 263 g/mol. The number of rotatable bonds is 6. The van der Waals surface area contributed by atoms with Crippen LogP contribution in [0.2, 0.25) is 0 Å². The highest BCUT2D eigenvalue weighted by Gasteiger charge is 2.27. The van der Waals surface area contributed by atoms with Gasteiger partial charge in [0, 0.05) is 6.21 Å². The van der Waals surface area contributed by atoms with Crippen LogP contribution in [0.4, 0.5) is 5.69 Å². The first-order valence-corrected chi connectivity index (χ1v) is 6.11. The summed E-state index contributed by atoms with van der Waals surface area (Å²) in [6.45, 7) is 3.75. The molecular weight excluding hydrogens is 246 g/mol. The molecule has 0 saturated carbocycles. The molecule has 0 unspecified atom stereocenters. The van der Waals surface area contributed by atoms with Crippen molar-refractivity contribution in [1.29, 1.82) is 0 Å². The summed E-state index contributed by atoms with van der Waals surface area (Å²) in [5.41, 5.74) is 0.654. The van der Waals surface area contributed by atoms with Crippen LogP contribution in [-0.4, -0.2) is 31.4 Å². The Morgan fingerprint density at radius 1 is 1.11 bits per heavy atom. The van der Waals surface area contributed by atoms with Crippen LogP contribution in [-0.2, 0) is 19.1 Å². The fourth-order valence-corrected chi connectivity index (χ4v) is 1.36. The third-order valence-corrected chi connectivity index (χ3v) is 2.21. The van der Waals surface area contributed by atoms with Crippen molar-refractivity contribution in [2.75, 3.05) is 13.2 Å². The molecule has 1 rings (SSSR count). The van der Waals surface area contributed by atoms with Crippen molar-refractivity contribution in [3.05, 3.63) is 30.3 Å². The molecule has 0 N–H and O–H groups in total. The molecule has 5 heteroatoms. The number of nitrogens with zero attached hydrogens (tertiary/aromatic N) is 1. The number of benzene rings is 1. The van der Waals surface area contributed by atoms with Crippen molar-refractivity contribution < 1.29 is 19.1 Å². The molecule has 1 aromatic carbocycles. The zero-order chi connectivity index (χ0) is 14.1. The summed E-state index contributed by atoms with van der Waals surface area (Å²) in [5, 5.41) is 0. The van der Waals surface area contributed by atoms with E-state index in [-0.39, 0.29) is 13.2 Å². The minimum atomic E-state index is -1.12. The van der Waals surface area contributed by atoms with Crippen molar-refractivity contribution >= 4 is 23.8 Å². The predicted molar refractivity (Wildman–Crippen MR) is 71.4 cm³/mol. The number of esters is 2. The van der Waals surface area contributed by atoms with Crippen LogP contribution >= 0.6 is 0 Å². The van der Waals surface area contributed by atoms with E-state index < -0.39 is 17.9 Å². The lowest BCUT2D eigenvalue weighted by Gasteiger charge is -2.09. The molecule has 1 aromatic rings. The monoisotopic (exact) mass is 263 g/mol. The summed E-state index contributed by atoms with van der Waals surface area (Å²) in [4.78, 5) is 27.4. The third-order valence-electron chi connectivity index (χ3n) is 2.21. The van der Waals surface area contributed by atoms with Crippen LogP contribution in [0.3, 0.4) is 0 Å². The highest BCUT2D eigenvalue weighted by molar-refractivity contribution is 6.09. The average Bonchev–Trinajstić information content (AvgIpc) is 2.41. The molecule has 0 aliphatic carbocycles. The number of ether oxygens (including phenoxy) is 2. The largest absolute Gasteiger partial charge is 0.465 e. The van der Waals surface area contributed by atoms with Crippen LogP contribution in [0.15, 0.2) is 35.3 Å². The lowest BCUT2D eigenvalue weighted by Crippen LogP contribution is -2.29. The van der Waals surface area contributed by atoms with Gasteiger partial charge >= 0.3 is 11.9 Å². The van der Waals surface area contributed by atoms with Crippen molar-refractivity contribution in [2.45, 2.75) is 13.8 Å². The highest BCUT2D eigenvalue weighted by atomic mass is 16.6. The van der Waals surface area contributed by atoms with Crippen molar-refractivity contribution in [3.63, 3.8) is 0 Å². The Balaban J connectivity index is 2.82. The van der Waals surface area contributed by atoms with Gasteiger partial charge in [-0.15, -0.1) is 0 Å². The Hall–Kier alpha value is -2.17. The molecule has 0 aliphatic rings. The van der Waals surface area contributed by atoms with Crippen LogP contribution < -0.4 is 0 Å². The molecule has 0 aliphatic heterocycles. The molecule has 0 heterocycles. The van der Waals surface area contributed by atoms with Gasteiger partial charge in [0.25, 0.3) is 0 Å². The van der Waals surface area contributed by atoms with E-state index in [0.29, 0.717) is 5.69 Å². The molecule has 0 fully saturated rings. The van der Waals surface area contributed by atoms with Gasteiger partial charge in [0.1, 0.15) is 0 Å². The van der Waals surface area contributed by atoms with E-state index in [9.17, 15) is 9.59 Å². The van der Waals surface area contributed by atoms with Gasteiger partial charge in [0.15, 0.2) is 5.92 Å². The minimum absolute atomic E-state index is 0.202. The first-order valence-electron chi connectivity index (χ1n) is 6.11. The van der Waals surface area contributed by atoms with E-state index in [4.69, 9.17) is 9.47 Å². The summed E-state index contributed by atoms with van der Waals surface area (Å²) < 4.78 is 9.66. The summed E-state index contributed by atoms with van der Waals surface area (Å²) >= 11 is 0. The Morgan fingerprint density at radius 3 is 2.11 bits per heavy atom. The highest BCUT2D eigenvalue weighted by Crippen LogP contribution is 2.11. The first-order chi connectivity index (χ1) is 9.19. The fraction of sp³-hybridized carbons (Fsp3) is 0.357. The number of aliphatic imine (C=N–C) groups is 1. The fourth-order valence-electron chi connectivity index (χ4n) is 1.36. The van der Waals surface area contributed by atoms with Crippen LogP contribution in [0.5, 0.6) is 0 Å². The number of hydrogen-bond acceptors (Lipinski definition) is 5. The van der Waals surface area contributed by atoms with Gasteiger partial charge in [-0.25, -0.2) is 0 Å². The Morgan fingerprint density at radius 2 is 1.63 bits per heavy atom. The molecule has 0 atom stereocenters. The van der Waals surface area contributed by atoms with E-state index in [1.165, 1.54) is 6.21 Å². The maximum absolute atomic E-state index is 11.7. The summed E-state index contributed by atoms with van der Waals surface area (Å²) in [5.74, 6) is -2.43. The molecule has 0 bridgehead atoms. The number of carbonyl (C=O) groups is 2. The van der Waals surface area contributed by atoms with Crippen LogP contribution in [0.25, 0.3) is 0 Å². The van der Waals surface area contributed by atoms with E-state index in [1.807, 2.05) is 18.2 Å². The predicted octanol–water partition coefficient (Wildman–Crippen LogP) is 2.13. The lowest BCUT2D eigenvalue weighted by atomic mass is 10.1. The Kier molecular flexibility index (Phi) is 6.29. The first kappa shape index (κ1) is 14.9. The van der Waals surface area contributed by atoms with Crippen molar-refractivity contribution in [3.8, 4) is 0 Å². The second kappa shape index (κ2) is 8.02. The van der Waals surface area contributed by atoms with Gasteiger partial charge in [0.05, 0.1) is 18.9 Å². The summed E-state index contributed by atoms with van der Waals surface area (Å²) in [6, 6.07) is 9.02. The molecule has 0 aromatic heterocycles. The maximum Gasteiger partial charge on any atom is 0.325 e. The molecule has 0 saturated heterocycles. The van der Waals surface area contributed by atoms with Crippen LogP contribution in [0.1, 0.15) is 13.8 Å². The van der Waals surface area contributed by atoms with Gasteiger partial charge in [-0.1, -0.05) is 18.2 Å².